The molecule has 136 valence electrons. The SMILES string of the molecule is CCN(CC)S(=O)(=O)NC(=O)C(C)Oc1cccc(C(C)(C)C)c1. The lowest BCUT2D eigenvalue weighted by atomic mass is 9.87. The van der Waals surface area contributed by atoms with E-state index in [9.17, 15) is 13.2 Å². The fraction of sp³-hybridized carbons (Fsp3) is 0.588. The van der Waals surface area contributed by atoms with E-state index in [1.807, 2.05) is 18.2 Å². The summed E-state index contributed by atoms with van der Waals surface area (Å²) in [6, 6.07) is 7.45. The van der Waals surface area contributed by atoms with Crippen LogP contribution in [0.25, 0.3) is 0 Å². The van der Waals surface area contributed by atoms with Crippen molar-refractivity contribution < 1.29 is 17.9 Å². The Bertz CT molecular complexity index is 661. The Balaban J connectivity index is 2.81. The first kappa shape index (κ1) is 20.4. The van der Waals surface area contributed by atoms with E-state index in [4.69, 9.17) is 4.74 Å². The van der Waals surface area contributed by atoms with Crippen LogP contribution in [0.2, 0.25) is 0 Å². The van der Waals surface area contributed by atoms with Gasteiger partial charge in [0.15, 0.2) is 6.10 Å². The Morgan fingerprint density at radius 3 is 2.33 bits per heavy atom. The molecule has 0 fully saturated rings. The molecule has 1 aromatic rings. The van der Waals surface area contributed by atoms with E-state index < -0.39 is 22.2 Å². The van der Waals surface area contributed by atoms with Crippen molar-refractivity contribution >= 4 is 16.1 Å². The van der Waals surface area contributed by atoms with Crippen molar-refractivity contribution in [1.82, 2.24) is 9.03 Å². The molecule has 0 saturated heterocycles. The fourth-order valence-corrected chi connectivity index (χ4v) is 3.36. The van der Waals surface area contributed by atoms with Crippen molar-refractivity contribution in [3.63, 3.8) is 0 Å². The predicted molar refractivity (Wildman–Crippen MR) is 95.2 cm³/mol. The number of ether oxygens (including phenoxy) is 1. The molecular formula is C17H28N2O4S. The number of nitrogens with one attached hydrogen (secondary N) is 1. The van der Waals surface area contributed by atoms with Crippen molar-refractivity contribution in [2.24, 2.45) is 0 Å². The van der Waals surface area contributed by atoms with Gasteiger partial charge in [0.05, 0.1) is 0 Å². The first-order chi connectivity index (χ1) is 11.0. The van der Waals surface area contributed by atoms with Gasteiger partial charge in [-0.3, -0.25) is 4.79 Å². The smallest absolute Gasteiger partial charge is 0.303 e. The van der Waals surface area contributed by atoms with Crippen LogP contribution in [0.3, 0.4) is 0 Å². The summed E-state index contributed by atoms with van der Waals surface area (Å²) < 4.78 is 33.0. The molecule has 0 aliphatic heterocycles. The molecule has 1 rings (SSSR count). The molecule has 1 unspecified atom stereocenters. The Morgan fingerprint density at radius 2 is 1.83 bits per heavy atom. The van der Waals surface area contributed by atoms with E-state index in [0.29, 0.717) is 18.8 Å². The minimum atomic E-state index is -3.84. The van der Waals surface area contributed by atoms with Crippen molar-refractivity contribution in [2.75, 3.05) is 13.1 Å². The highest BCUT2D eigenvalue weighted by molar-refractivity contribution is 7.87. The van der Waals surface area contributed by atoms with Crippen LogP contribution in [0.4, 0.5) is 0 Å². The third-order valence-corrected chi connectivity index (χ3v) is 5.31. The van der Waals surface area contributed by atoms with E-state index in [1.165, 1.54) is 11.2 Å². The molecule has 1 atom stereocenters. The number of amides is 1. The van der Waals surface area contributed by atoms with E-state index >= 15 is 0 Å². The maximum Gasteiger partial charge on any atom is 0.303 e. The summed E-state index contributed by atoms with van der Waals surface area (Å²) in [7, 11) is -3.84. The lowest BCUT2D eigenvalue weighted by Gasteiger charge is -2.22. The van der Waals surface area contributed by atoms with Gasteiger partial charge in [-0.2, -0.15) is 12.7 Å². The van der Waals surface area contributed by atoms with Crippen LogP contribution in [0.15, 0.2) is 24.3 Å². The van der Waals surface area contributed by atoms with Crippen LogP contribution in [0.5, 0.6) is 5.75 Å². The second-order valence-electron chi connectivity index (χ2n) is 6.59. The molecule has 6 nitrogen and oxygen atoms in total. The Hall–Kier alpha value is -1.60. The molecule has 1 amide bonds. The van der Waals surface area contributed by atoms with Crippen molar-refractivity contribution in [2.45, 2.75) is 53.1 Å². The van der Waals surface area contributed by atoms with Crippen LogP contribution >= 0.6 is 0 Å². The number of rotatable bonds is 7. The number of nitrogens with zero attached hydrogens (tertiary/aromatic N) is 1. The van der Waals surface area contributed by atoms with E-state index in [2.05, 4.69) is 25.5 Å². The third-order valence-electron chi connectivity index (χ3n) is 3.66. The number of benzene rings is 1. The van der Waals surface area contributed by atoms with Gasteiger partial charge in [0.1, 0.15) is 5.75 Å². The van der Waals surface area contributed by atoms with Gasteiger partial charge in [-0.25, -0.2) is 4.72 Å². The topological polar surface area (TPSA) is 75.7 Å². The van der Waals surface area contributed by atoms with Gasteiger partial charge >= 0.3 is 10.2 Å². The molecule has 0 aliphatic carbocycles. The van der Waals surface area contributed by atoms with Crippen LogP contribution in [-0.4, -0.2) is 37.8 Å². The van der Waals surface area contributed by atoms with E-state index in [-0.39, 0.29) is 5.41 Å². The van der Waals surface area contributed by atoms with Crippen LogP contribution in [0, 0.1) is 0 Å². The van der Waals surface area contributed by atoms with Gasteiger partial charge < -0.3 is 4.74 Å². The normalized spacial score (nSPS) is 13.6. The van der Waals surface area contributed by atoms with Crippen molar-refractivity contribution in [3.8, 4) is 5.75 Å². The molecule has 0 aliphatic rings. The minimum Gasteiger partial charge on any atom is -0.481 e. The molecule has 0 aromatic heterocycles. The summed E-state index contributed by atoms with van der Waals surface area (Å²) >= 11 is 0. The lowest BCUT2D eigenvalue weighted by Crippen LogP contribution is -2.47. The zero-order valence-electron chi connectivity index (χ0n) is 15.3. The first-order valence-corrected chi connectivity index (χ1v) is 9.54. The number of carbonyl (C=O) groups is 1. The molecule has 7 heteroatoms. The van der Waals surface area contributed by atoms with Crippen molar-refractivity contribution in [3.05, 3.63) is 29.8 Å². The average Bonchev–Trinajstić information content (AvgIpc) is 2.47. The predicted octanol–water partition coefficient (Wildman–Crippen LogP) is 2.45. The monoisotopic (exact) mass is 356 g/mol. The first-order valence-electron chi connectivity index (χ1n) is 8.10. The zero-order chi connectivity index (χ0) is 18.5. The third kappa shape index (κ3) is 5.49. The zero-order valence-corrected chi connectivity index (χ0v) is 16.1. The summed E-state index contributed by atoms with van der Waals surface area (Å²) in [6.07, 6.45) is -0.925. The molecule has 24 heavy (non-hydrogen) atoms. The van der Waals surface area contributed by atoms with Crippen LogP contribution in [-0.2, 0) is 20.4 Å². The standard InChI is InChI=1S/C17H28N2O4S/c1-7-19(8-2)24(21,22)18-16(20)13(3)23-15-11-9-10-14(12-15)17(4,5)6/h9-13H,7-8H2,1-6H3,(H,18,20). The van der Waals surface area contributed by atoms with E-state index in [0.717, 1.165) is 5.56 Å². The van der Waals surface area contributed by atoms with Crippen LogP contribution < -0.4 is 9.46 Å². The highest BCUT2D eigenvalue weighted by Gasteiger charge is 2.25. The number of hydrogen-bond acceptors (Lipinski definition) is 4. The quantitative estimate of drug-likeness (QED) is 0.814. The molecule has 1 aromatic carbocycles. The Kier molecular flexibility index (Phi) is 6.80. The minimum absolute atomic E-state index is 0.0447. The number of carbonyl (C=O) groups excluding carboxylic acids is 1. The largest absolute Gasteiger partial charge is 0.481 e. The van der Waals surface area contributed by atoms with E-state index in [1.54, 1.807) is 19.9 Å². The maximum atomic E-state index is 12.1. The van der Waals surface area contributed by atoms with Gasteiger partial charge in [-0.15, -0.1) is 0 Å². The summed E-state index contributed by atoms with van der Waals surface area (Å²) in [5.41, 5.74) is 1.03. The van der Waals surface area contributed by atoms with Gasteiger partial charge in [0, 0.05) is 13.1 Å². The van der Waals surface area contributed by atoms with Crippen LogP contribution in [0.1, 0.15) is 47.1 Å². The Morgan fingerprint density at radius 1 is 1.25 bits per heavy atom. The van der Waals surface area contributed by atoms with Gasteiger partial charge in [0.25, 0.3) is 5.91 Å². The molecule has 0 heterocycles. The molecule has 1 N–H and O–H groups in total. The fourth-order valence-electron chi connectivity index (χ4n) is 2.13. The van der Waals surface area contributed by atoms with Crippen molar-refractivity contribution in [1.29, 1.82) is 0 Å². The highest BCUT2D eigenvalue weighted by atomic mass is 32.2. The lowest BCUT2D eigenvalue weighted by molar-refractivity contribution is -0.125. The second kappa shape index (κ2) is 7.98. The second-order valence-corrected chi connectivity index (χ2v) is 8.26. The van der Waals surface area contributed by atoms with Gasteiger partial charge in [-0.1, -0.05) is 46.8 Å². The molecule has 0 saturated carbocycles. The van der Waals surface area contributed by atoms with Gasteiger partial charge in [-0.05, 0) is 30.0 Å². The molecular weight excluding hydrogens is 328 g/mol. The Labute approximate surface area is 145 Å². The summed E-state index contributed by atoms with van der Waals surface area (Å²) in [5, 5.41) is 0. The molecule has 0 radical (unpaired) electrons. The average molecular weight is 356 g/mol. The molecule has 0 spiro atoms. The summed E-state index contributed by atoms with van der Waals surface area (Å²) in [6.45, 7) is 11.8. The summed E-state index contributed by atoms with van der Waals surface area (Å²) in [5.74, 6) is -0.159. The maximum absolute atomic E-state index is 12.1. The van der Waals surface area contributed by atoms with Gasteiger partial charge in [0.2, 0.25) is 0 Å². The number of hydrogen-bond donors (Lipinski definition) is 1. The highest BCUT2D eigenvalue weighted by Crippen LogP contribution is 2.26. The molecule has 0 bridgehead atoms. The summed E-state index contributed by atoms with van der Waals surface area (Å²) in [4.78, 5) is 12.1.